The van der Waals surface area contributed by atoms with E-state index in [9.17, 15) is 14.4 Å². The Balaban J connectivity index is 1.54. The van der Waals surface area contributed by atoms with Crippen molar-refractivity contribution < 1.29 is 19.1 Å². The largest absolute Gasteiger partial charge is 0.483 e. The zero-order chi connectivity index (χ0) is 28.1. The first kappa shape index (κ1) is 28.4. The minimum Gasteiger partial charge on any atom is -0.483 e. The summed E-state index contributed by atoms with van der Waals surface area (Å²) in [6.45, 7) is 14.4. The molecule has 0 heterocycles. The van der Waals surface area contributed by atoms with Crippen LogP contribution in [0.15, 0.2) is 66.7 Å². The highest BCUT2D eigenvalue weighted by Gasteiger charge is 2.23. The topological polar surface area (TPSA) is 96.5 Å². The Morgan fingerprint density at radius 3 is 2.03 bits per heavy atom. The predicted octanol–water partition coefficient (Wildman–Crippen LogP) is 5.68. The van der Waals surface area contributed by atoms with Crippen molar-refractivity contribution in [1.29, 1.82) is 0 Å². The zero-order valence-corrected chi connectivity index (χ0v) is 23.2. The number of carbonyl (C=O) groups is 3. The van der Waals surface area contributed by atoms with Gasteiger partial charge in [-0.05, 0) is 70.8 Å². The minimum absolute atomic E-state index is 0.00901. The van der Waals surface area contributed by atoms with Gasteiger partial charge in [-0.25, -0.2) is 0 Å². The van der Waals surface area contributed by atoms with E-state index < -0.39 is 11.8 Å². The number of hydrogen-bond acceptors (Lipinski definition) is 4. The number of ether oxygens (including phenoxy) is 1. The molecule has 0 radical (unpaired) electrons. The fourth-order valence-corrected chi connectivity index (χ4v) is 3.82. The van der Waals surface area contributed by atoms with E-state index in [4.69, 9.17) is 4.74 Å². The first-order chi connectivity index (χ1) is 17.8. The normalized spacial score (nSPS) is 11.4. The Kier molecular flexibility index (Phi) is 8.61. The maximum atomic E-state index is 12.5. The standard InChI is InChI=1S/C31H37N3O4/c1-20-10-8-9-11-24(20)29(37)32-23-15-12-21(13-16-23)28(36)34-33-27(35)19-38-26-17-14-22(30(2,3)4)18-25(26)31(5,6)7/h8-18H,19H2,1-7H3,(H,32,37)(H,33,35)(H,34,36). The molecule has 0 aliphatic rings. The number of hydrogen-bond donors (Lipinski definition) is 3. The van der Waals surface area contributed by atoms with E-state index in [-0.39, 0.29) is 23.3 Å². The highest BCUT2D eigenvalue weighted by molar-refractivity contribution is 6.05. The Morgan fingerprint density at radius 1 is 0.763 bits per heavy atom. The Labute approximate surface area is 225 Å². The number of hydrazine groups is 1. The van der Waals surface area contributed by atoms with Gasteiger partial charge in [0.1, 0.15) is 5.75 Å². The lowest BCUT2D eigenvalue weighted by Gasteiger charge is -2.27. The van der Waals surface area contributed by atoms with E-state index >= 15 is 0 Å². The molecular formula is C31H37N3O4. The molecule has 3 rings (SSSR count). The van der Waals surface area contributed by atoms with Gasteiger partial charge in [0, 0.05) is 16.8 Å². The zero-order valence-electron chi connectivity index (χ0n) is 23.2. The Morgan fingerprint density at radius 2 is 1.42 bits per heavy atom. The summed E-state index contributed by atoms with van der Waals surface area (Å²) in [5.74, 6) is -0.564. The van der Waals surface area contributed by atoms with Crippen molar-refractivity contribution in [2.45, 2.75) is 59.3 Å². The number of amides is 3. The van der Waals surface area contributed by atoms with Gasteiger partial charge in [0.15, 0.2) is 6.61 Å². The molecule has 0 saturated carbocycles. The SMILES string of the molecule is Cc1ccccc1C(=O)Nc1ccc(C(=O)NNC(=O)COc2ccc(C(C)(C)C)cc2C(C)(C)C)cc1. The molecule has 7 nitrogen and oxygen atoms in total. The third-order valence-electron chi connectivity index (χ3n) is 6.12. The first-order valence-corrected chi connectivity index (χ1v) is 12.6. The molecule has 7 heteroatoms. The quantitative estimate of drug-likeness (QED) is 0.368. The van der Waals surface area contributed by atoms with E-state index in [1.165, 1.54) is 5.56 Å². The molecule has 0 aromatic heterocycles. The van der Waals surface area contributed by atoms with Crippen LogP contribution < -0.4 is 20.9 Å². The Hall–Kier alpha value is -4.13. The summed E-state index contributed by atoms with van der Waals surface area (Å²) in [6, 6.07) is 19.7. The average Bonchev–Trinajstić information content (AvgIpc) is 2.85. The first-order valence-electron chi connectivity index (χ1n) is 12.6. The molecule has 200 valence electrons. The third-order valence-corrected chi connectivity index (χ3v) is 6.12. The number of rotatable bonds is 6. The van der Waals surface area contributed by atoms with Crippen molar-refractivity contribution in [1.82, 2.24) is 10.9 Å². The molecule has 38 heavy (non-hydrogen) atoms. The van der Waals surface area contributed by atoms with Gasteiger partial charge in [-0.1, -0.05) is 71.9 Å². The van der Waals surface area contributed by atoms with Gasteiger partial charge in [-0.15, -0.1) is 0 Å². The van der Waals surface area contributed by atoms with Crippen LogP contribution in [-0.4, -0.2) is 24.3 Å². The second-order valence-corrected chi connectivity index (χ2v) is 11.3. The number of anilines is 1. The smallest absolute Gasteiger partial charge is 0.276 e. The van der Waals surface area contributed by atoms with Crippen LogP contribution in [0, 0.1) is 6.92 Å². The van der Waals surface area contributed by atoms with Crippen LogP contribution in [0.3, 0.4) is 0 Å². The molecule has 0 fully saturated rings. The summed E-state index contributed by atoms with van der Waals surface area (Å²) in [6.07, 6.45) is 0. The summed E-state index contributed by atoms with van der Waals surface area (Å²) in [7, 11) is 0. The lowest BCUT2D eigenvalue weighted by atomic mass is 9.80. The van der Waals surface area contributed by atoms with E-state index in [0.717, 1.165) is 11.1 Å². The number of carbonyl (C=O) groups excluding carboxylic acids is 3. The summed E-state index contributed by atoms with van der Waals surface area (Å²) >= 11 is 0. The Bertz CT molecular complexity index is 1320. The summed E-state index contributed by atoms with van der Waals surface area (Å²) in [5.41, 5.74) is 9.13. The van der Waals surface area contributed by atoms with Crippen LogP contribution in [0.5, 0.6) is 5.75 Å². The predicted molar refractivity (Wildman–Crippen MR) is 151 cm³/mol. The van der Waals surface area contributed by atoms with Crippen molar-refractivity contribution in [3.05, 3.63) is 94.5 Å². The summed E-state index contributed by atoms with van der Waals surface area (Å²) in [5, 5.41) is 2.82. The highest BCUT2D eigenvalue weighted by Crippen LogP contribution is 2.35. The van der Waals surface area contributed by atoms with Gasteiger partial charge in [-0.3, -0.25) is 25.2 Å². The van der Waals surface area contributed by atoms with Crippen LogP contribution >= 0.6 is 0 Å². The van der Waals surface area contributed by atoms with E-state index in [1.807, 2.05) is 31.2 Å². The van der Waals surface area contributed by atoms with Crippen molar-refractivity contribution in [2.24, 2.45) is 0 Å². The molecule has 0 unspecified atom stereocenters. The number of nitrogens with one attached hydrogen (secondary N) is 3. The summed E-state index contributed by atoms with van der Waals surface area (Å²) in [4.78, 5) is 37.3. The second kappa shape index (κ2) is 11.5. The van der Waals surface area contributed by atoms with Gasteiger partial charge < -0.3 is 10.1 Å². The van der Waals surface area contributed by atoms with Crippen LogP contribution in [-0.2, 0) is 15.6 Å². The molecule has 0 saturated heterocycles. The molecule has 3 N–H and O–H groups in total. The van der Waals surface area contributed by atoms with Crippen molar-refractivity contribution in [2.75, 3.05) is 11.9 Å². The summed E-state index contributed by atoms with van der Waals surface area (Å²) < 4.78 is 5.83. The minimum atomic E-state index is -0.486. The van der Waals surface area contributed by atoms with Gasteiger partial charge in [0.2, 0.25) is 0 Å². The lowest BCUT2D eigenvalue weighted by molar-refractivity contribution is -0.123. The molecule has 0 aliphatic carbocycles. The van der Waals surface area contributed by atoms with Crippen molar-refractivity contribution in [3.63, 3.8) is 0 Å². The van der Waals surface area contributed by atoms with E-state index in [1.54, 1.807) is 36.4 Å². The second-order valence-electron chi connectivity index (χ2n) is 11.3. The molecule has 0 aliphatic heterocycles. The average molecular weight is 516 g/mol. The molecule has 3 aromatic carbocycles. The number of aryl methyl sites for hydroxylation is 1. The molecule has 0 bridgehead atoms. The monoisotopic (exact) mass is 515 g/mol. The van der Waals surface area contributed by atoms with Crippen molar-refractivity contribution >= 4 is 23.4 Å². The maximum absolute atomic E-state index is 12.5. The van der Waals surface area contributed by atoms with Gasteiger partial charge in [0.25, 0.3) is 17.7 Å². The van der Waals surface area contributed by atoms with Crippen LogP contribution in [0.4, 0.5) is 5.69 Å². The fraction of sp³-hybridized carbons (Fsp3) is 0.323. The van der Waals surface area contributed by atoms with Gasteiger partial charge >= 0.3 is 0 Å². The van der Waals surface area contributed by atoms with Crippen molar-refractivity contribution in [3.8, 4) is 5.75 Å². The number of benzene rings is 3. The molecule has 0 spiro atoms. The van der Waals surface area contributed by atoms with E-state index in [2.05, 4.69) is 63.8 Å². The van der Waals surface area contributed by atoms with Crippen LogP contribution in [0.25, 0.3) is 0 Å². The van der Waals surface area contributed by atoms with Gasteiger partial charge in [0.05, 0.1) is 0 Å². The molecular weight excluding hydrogens is 478 g/mol. The fourth-order valence-electron chi connectivity index (χ4n) is 3.82. The van der Waals surface area contributed by atoms with Crippen LogP contribution in [0.1, 0.15) is 78.9 Å². The third kappa shape index (κ3) is 7.44. The maximum Gasteiger partial charge on any atom is 0.276 e. The van der Waals surface area contributed by atoms with Gasteiger partial charge in [-0.2, -0.15) is 0 Å². The highest BCUT2D eigenvalue weighted by atomic mass is 16.5. The van der Waals surface area contributed by atoms with Crippen LogP contribution in [0.2, 0.25) is 0 Å². The molecule has 0 atom stereocenters. The van der Waals surface area contributed by atoms with E-state index in [0.29, 0.717) is 22.6 Å². The lowest BCUT2D eigenvalue weighted by Crippen LogP contribution is -2.43. The molecule has 3 aromatic rings. The molecule has 3 amide bonds.